The Hall–Kier alpha value is -2.41. The second kappa shape index (κ2) is 5.07. The van der Waals surface area contributed by atoms with Gasteiger partial charge in [-0.2, -0.15) is 4.98 Å². The standard InChI is InChI=1S/C11H9ClN4O3/c1-6-14-10(13)5-11(15-6)19-9-3-2-7(12)4-8(9)16(17)18/h2-5H,1H3,(H2,13,14,15). The summed E-state index contributed by atoms with van der Waals surface area (Å²) in [7, 11) is 0. The highest BCUT2D eigenvalue weighted by Gasteiger charge is 2.17. The monoisotopic (exact) mass is 280 g/mol. The maximum Gasteiger partial charge on any atom is 0.313 e. The summed E-state index contributed by atoms with van der Waals surface area (Å²) in [6.45, 7) is 1.64. The van der Waals surface area contributed by atoms with Crippen LogP contribution in [-0.2, 0) is 0 Å². The van der Waals surface area contributed by atoms with Crippen LogP contribution in [0.15, 0.2) is 24.3 Å². The fraction of sp³-hybridized carbons (Fsp3) is 0.0909. The highest BCUT2D eigenvalue weighted by molar-refractivity contribution is 6.30. The zero-order valence-corrected chi connectivity index (χ0v) is 10.6. The fourth-order valence-electron chi connectivity index (χ4n) is 1.45. The second-order valence-corrected chi connectivity index (χ2v) is 4.09. The third kappa shape index (κ3) is 3.08. The summed E-state index contributed by atoms with van der Waals surface area (Å²) >= 11 is 5.71. The van der Waals surface area contributed by atoms with Crippen molar-refractivity contribution in [2.75, 3.05) is 5.73 Å². The number of nitro groups is 1. The Morgan fingerprint density at radius 3 is 2.74 bits per heavy atom. The van der Waals surface area contributed by atoms with E-state index >= 15 is 0 Å². The van der Waals surface area contributed by atoms with Crippen LogP contribution in [-0.4, -0.2) is 14.9 Å². The second-order valence-electron chi connectivity index (χ2n) is 3.65. The van der Waals surface area contributed by atoms with Gasteiger partial charge in [-0.25, -0.2) is 4.98 Å². The van der Waals surface area contributed by atoms with Crippen molar-refractivity contribution in [2.45, 2.75) is 6.92 Å². The van der Waals surface area contributed by atoms with Gasteiger partial charge in [0.05, 0.1) is 4.92 Å². The van der Waals surface area contributed by atoms with Gasteiger partial charge in [0.25, 0.3) is 0 Å². The third-order valence-electron chi connectivity index (χ3n) is 2.17. The molecule has 19 heavy (non-hydrogen) atoms. The van der Waals surface area contributed by atoms with Crippen molar-refractivity contribution in [1.29, 1.82) is 0 Å². The number of rotatable bonds is 3. The number of hydrogen-bond donors (Lipinski definition) is 1. The number of halogens is 1. The van der Waals surface area contributed by atoms with Gasteiger partial charge in [0.2, 0.25) is 11.6 Å². The van der Waals surface area contributed by atoms with Gasteiger partial charge in [-0.05, 0) is 19.1 Å². The van der Waals surface area contributed by atoms with Crippen molar-refractivity contribution in [3.63, 3.8) is 0 Å². The van der Waals surface area contributed by atoms with Crippen LogP contribution in [0.1, 0.15) is 5.82 Å². The zero-order valence-electron chi connectivity index (χ0n) is 9.83. The van der Waals surface area contributed by atoms with Crippen LogP contribution in [0.25, 0.3) is 0 Å². The van der Waals surface area contributed by atoms with E-state index in [-0.39, 0.29) is 28.2 Å². The summed E-state index contributed by atoms with van der Waals surface area (Å²) in [5.41, 5.74) is 5.30. The number of nitrogen functional groups attached to an aromatic ring is 1. The van der Waals surface area contributed by atoms with E-state index in [9.17, 15) is 10.1 Å². The van der Waals surface area contributed by atoms with Crippen LogP contribution in [0.3, 0.4) is 0 Å². The van der Waals surface area contributed by atoms with Gasteiger partial charge in [-0.3, -0.25) is 10.1 Å². The van der Waals surface area contributed by atoms with Crippen molar-refractivity contribution in [1.82, 2.24) is 9.97 Å². The summed E-state index contributed by atoms with van der Waals surface area (Å²) in [6.07, 6.45) is 0. The Morgan fingerprint density at radius 1 is 1.37 bits per heavy atom. The topological polar surface area (TPSA) is 104 Å². The molecule has 98 valence electrons. The lowest BCUT2D eigenvalue weighted by atomic mass is 10.3. The highest BCUT2D eigenvalue weighted by atomic mass is 35.5. The van der Waals surface area contributed by atoms with E-state index in [0.29, 0.717) is 5.82 Å². The molecule has 0 aliphatic carbocycles. The average molecular weight is 281 g/mol. The van der Waals surface area contributed by atoms with Gasteiger partial charge in [-0.1, -0.05) is 11.6 Å². The summed E-state index contributed by atoms with van der Waals surface area (Å²) < 4.78 is 5.36. The Balaban J connectivity index is 2.40. The molecule has 1 aromatic carbocycles. The Bertz CT molecular complexity index is 628. The molecule has 0 bridgehead atoms. The van der Waals surface area contributed by atoms with Gasteiger partial charge in [0.1, 0.15) is 11.6 Å². The largest absolute Gasteiger partial charge is 0.432 e. The van der Waals surface area contributed by atoms with E-state index in [0.717, 1.165) is 0 Å². The van der Waals surface area contributed by atoms with Crippen LogP contribution in [0.2, 0.25) is 5.02 Å². The molecule has 0 aliphatic rings. The molecule has 0 saturated heterocycles. The fourth-order valence-corrected chi connectivity index (χ4v) is 1.61. The number of nitrogens with zero attached hydrogens (tertiary/aromatic N) is 3. The molecule has 7 nitrogen and oxygen atoms in total. The molecule has 0 amide bonds. The zero-order chi connectivity index (χ0) is 14.0. The van der Waals surface area contributed by atoms with Gasteiger partial charge in [-0.15, -0.1) is 0 Å². The lowest BCUT2D eigenvalue weighted by molar-refractivity contribution is -0.385. The Kier molecular flexibility index (Phi) is 3.48. The van der Waals surface area contributed by atoms with Crippen LogP contribution < -0.4 is 10.5 Å². The third-order valence-corrected chi connectivity index (χ3v) is 2.40. The van der Waals surface area contributed by atoms with Gasteiger partial charge in [0.15, 0.2) is 0 Å². The minimum atomic E-state index is -0.585. The van der Waals surface area contributed by atoms with E-state index in [1.807, 2.05) is 0 Å². The molecular formula is C11H9ClN4O3. The molecule has 2 aromatic rings. The van der Waals surface area contributed by atoms with Crippen LogP contribution in [0, 0.1) is 17.0 Å². The maximum absolute atomic E-state index is 10.9. The number of hydrogen-bond acceptors (Lipinski definition) is 6. The maximum atomic E-state index is 10.9. The first kappa shape index (κ1) is 13.0. The van der Waals surface area contributed by atoms with Crippen LogP contribution in [0.5, 0.6) is 11.6 Å². The quantitative estimate of drug-likeness (QED) is 0.684. The molecule has 1 aromatic heterocycles. The molecule has 0 aliphatic heterocycles. The summed E-state index contributed by atoms with van der Waals surface area (Å²) in [6, 6.07) is 5.47. The summed E-state index contributed by atoms with van der Waals surface area (Å²) in [5, 5.41) is 11.2. The first-order valence-corrected chi connectivity index (χ1v) is 5.56. The number of nitro benzene ring substituents is 1. The van der Waals surface area contributed by atoms with Crippen molar-refractivity contribution >= 4 is 23.1 Å². The van der Waals surface area contributed by atoms with Crippen molar-refractivity contribution < 1.29 is 9.66 Å². The SMILES string of the molecule is Cc1nc(N)cc(Oc2ccc(Cl)cc2[N+](=O)[O-])n1. The number of aryl methyl sites for hydroxylation is 1. The number of nitrogens with two attached hydrogens (primary N) is 1. The van der Waals surface area contributed by atoms with Crippen molar-refractivity contribution in [3.8, 4) is 11.6 Å². The van der Waals surface area contributed by atoms with E-state index < -0.39 is 4.92 Å². The smallest absolute Gasteiger partial charge is 0.313 e. The molecule has 0 unspecified atom stereocenters. The summed E-state index contributed by atoms with van der Waals surface area (Å²) in [5.74, 6) is 0.799. The minimum Gasteiger partial charge on any atom is -0.432 e. The molecule has 0 spiro atoms. The first-order chi connectivity index (χ1) is 8.95. The lowest BCUT2D eigenvalue weighted by Gasteiger charge is -2.06. The van der Waals surface area contributed by atoms with Crippen LogP contribution in [0.4, 0.5) is 11.5 Å². The molecule has 2 rings (SSSR count). The predicted molar refractivity (Wildman–Crippen MR) is 69.4 cm³/mol. The number of ether oxygens (including phenoxy) is 1. The molecule has 2 N–H and O–H groups in total. The van der Waals surface area contributed by atoms with E-state index in [2.05, 4.69) is 9.97 Å². The molecule has 0 saturated carbocycles. The Labute approximate surface area is 113 Å². The minimum absolute atomic E-state index is 0.0342. The lowest BCUT2D eigenvalue weighted by Crippen LogP contribution is -1.99. The van der Waals surface area contributed by atoms with Gasteiger partial charge in [0, 0.05) is 17.2 Å². The van der Waals surface area contributed by atoms with E-state index in [1.54, 1.807) is 6.92 Å². The summed E-state index contributed by atoms with van der Waals surface area (Å²) in [4.78, 5) is 18.2. The van der Waals surface area contributed by atoms with E-state index in [4.69, 9.17) is 22.1 Å². The van der Waals surface area contributed by atoms with Crippen LogP contribution >= 0.6 is 11.6 Å². The number of aromatic nitrogens is 2. The molecular weight excluding hydrogens is 272 g/mol. The molecule has 0 radical (unpaired) electrons. The molecule has 0 fully saturated rings. The highest BCUT2D eigenvalue weighted by Crippen LogP contribution is 2.33. The molecule has 1 heterocycles. The van der Waals surface area contributed by atoms with Gasteiger partial charge < -0.3 is 10.5 Å². The van der Waals surface area contributed by atoms with Crippen molar-refractivity contribution in [3.05, 3.63) is 45.2 Å². The first-order valence-electron chi connectivity index (χ1n) is 5.18. The average Bonchev–Trinajstić information content (AvgIpc) is 2.30. The Morgan fingerprint density at radius 2 is 2.11 bits per heavy atom. The molecule has 8 heteroatoms. The number of benzene rings is 1. The predicted octanol–water partition coefficient (Wildman–Crippen LogP) is 2.72. The van der Waals surface area contributed by atoms with E-state index in [1.165, 1.54) is 24.3 Å². The number of anilines is 1. The molecule has 0 atom stereocenters. The normalized spacial score (nSPS) is 10.2. The van der Waals surface area contributed by atoms with Gasteiger partial charge >= 0.3 is 5.69 Å². The van der Waals surface area contributed by atoms with Crippen molar-refractivity contribution in [2.24, 2.45) is 0 Å².